The van der Waals surface area contributed by atoms with E-state index in [4.69, 9.17) is 0 Å². The van der Waals surface area contributed by atoms with Gasteiger partial charge in [0, 0.05) is 0 Å². The van der Waals surface area contributed by atoms with Crippen LogP contribution in [0.4, 0.5) is 0 Å². The van der Waals surface area contributed by atoms with E-state index in [0.29, 0.717) is 0 Å². The molecule has 0 saturated heterocycles. The highest BCUT2D eigenvalue weighted by atomic mass is 16.1. The van der Waals surface area contributed by atoms with E-state index in [1.54, 1.807) is 0 Å². The van der Waals surface area contributed by atoms with Gasteiger partial charge in [-0.05, 0) is 11.8 Å². The highest BCUT2D eigenvalue weighted by Gasteiger charge is 2.39. The van der Waals surface area contributed by atoms with Gasteiger partial charge < -0.3 is 4.79 Å². The van der Waals surface area contributed by atoms with Gasteiger partial charge in [-0.15, -0.1) is 0 Å². The summed E-state index contributed by atoms with van der Waals surface area (Å²) in [5.74, 6) is 0. The second kappa shape index (κ2) is 2.89. The Morgan fingerprint density at radius 1 is 1.33 bits per heavy atom. The summed E-state index contributed by atoms with van der Waals surface area (Å²) in [6, 6.07) is 0. The van der Waals surface area contributed by atoms with Crippen LogP contribution in [0.15, 0.2) is 24.3 Å². The fourth-order valence-electron chi connectivity index (χ4n) is 1.46. The van der Waals surface area contributed by atoms with E-state index in [-0.39, 0.29) is 10.8 Å². The average molecular weight is 164 g/mol. The van der Waals surface area contributed by atoms with Crippen molar-refractivity contribution in [1.29, 1.82) is 0 Å². The summed E-state index contributed by atoms with van der Waals surface area (Å²) in [7, 11) is 0. The standard InChI is InChI=1S/C11H16O/c1-10(2,3)11(9-12)7-5-4-6-8-11/h4-7,9H,8H2,1-3H3. The van der Waals surface area contributed by atoms with Crippen molar-refractivity contribution in [3.63, 3.8) is 0 Å². The number of carbonyl (C=O) groups is 1. The van der Waals surface area contributed by atoms with Crippen LogP contribution in [0.2, 0.25) is 0 Å². The van der Waals surface area contributed by atoms with Crippen LogP contribution in [0.5, 0.6) is 0 Å². The van der Waals surface area contributed by atoms with Crippen LogP contribution in [0, 0.1) is 10.8 Å². The molecule has 0 radical (unpaired) electrons. The molecular weight excluding hydrogens is 148 g/mol. The molecule has 0 aromatic rings. The summed E-state index contributed by atoms with van der Waals surface area (Å²) in [6.07, 6.45) is 9.93. The SMILES string of the molecule is CC(C)(C)C1(C=O)C=CC=CC1. The smallest absolute Gasteiger partial charge is 0.130 e. The van der Waals surface area contributed by atoms with Crippen molar-refractivity contribution < 1.29 is 4.79 Å². The Morgan fingerprint density at radius 2 is 2.00 bits per heavy atom. The van der Waals surface area contributed by atoms with E-state index in [1.165, 1.54) is 0 Å². The maximum Gasteiger partial charge on any atom is 0.130 e. The van der Waals surface area contributed by atoms with Gasteiger partial charge in [-0.1, -0.05) is 45.1 Å². The van der Waals surface area contributed by atoms with Gasteiger partial charge in [-0.3, -0.25) is 0 Å². The summed E-state index contributed by atoms with van der Waals surface area (Å²) in [5, 5.41) is 0. The lowest BCUT2D eigenvalue weighted by Crippen LogP contribution is -2.35. The normalized spacial score (nSPS) is 28.9. The molecule has 1 unspecified atom stereocenters. The van der Waals surface area contributed by atoms with Crippen LogP contribution < -0.4 is 0 Å². The summed E-state index contributed by atoms with van der Waals surface area (Å²) >= 11 is 0. The van der Waals surface area contributed by atoms with Gasteiger partial charge in [0.2, 0.25) is 0 Å². The third-order valence-corrected chi connectivity index (χ3v) is 2.70. The Morgan fingerprint density at radius 3 is 2.25 bits per heavy atom. The minimum absolute atomic E-state index is 0.00993. The topological polar surface area (TPSA) is 17.1 Å². The average Bonchev–Trinajstić information content (AvgIpc) is 2.04. The van der Waals surface area contributed by atoms with Crippen LogP contribution in [-0.4, -0.2) is 6.29 Å². The number of hydrogen-bond donors (Lipinski definition) is 0. The van der Waals surface area contributed by atoms with Crippen molar-refractivity contribution in [3.8, 4) is 0 Å². The minimum atomic E-state index is -0.290. The van der Waals surface area contributed by atoms with E-state index in [9.17, 15) is 4.79 Å². The van der Waals surface area contributed by atoms with Crippen LogP contribution in [0.25, 0.3) is 0 Å². The number of aldehydes is 1. The molecular formula is C11H16O. The first-order chi connectivity index (χ1) is 5.52. The molecule has 66 valence electrons. The van der Waals surface area contributed by atoms with Crippen molar-refractivity contribution in [2.24, 2.45) is 10.8 Å². The lowest BCUT2D eigenvalue weighted by atomic mass is 9.64. The molecule has 0 aromatic heterocycles. The van der Waals surface area contributed by atoms with Gasteiger partial charge >= 0.3 is 0 Å². The molecule has 1 heteroatoms. The molecule has 1 aliphatic rings. The molecule has 0 aromatic carbocycles. The zero-order valence-corrected chi connectivity index (χ0v) is 8.00. The summed E-state index contributed by atoms with van der Waals surface area (Å²) < 4.78 is 0. The van der Waals surface area contributed by atoms with Crippen LogP contribution in [0.3, 0.4) is 0 Å². The molecule has 0 spiro atoms. The van der Waals surface area contributed by atoms with Gasteiger partial charge in [-0.2, -0.15) is 0 Å². The number of allylic oxidation sites excluding steroid dienone is 4. The molecule has 0 heterocycles. The molecule has 12 heavy (non-hydrogen) atoms. The molecule has 0 bridgehead atoms. The van der Waals surface area contributed by atoms with E-state index in [1.807, 2.05) is 18.2 Å². The van der Waals surface area contributed by atoms with Crippen molar-refractivity contribution in [1.82, 2.24) is 0 Å². The zero-order chi connectivity index (χ0) is 9.24. The molecule has 0 saturated carbocycles. The quantitative estimate of drug-likeness (QED) is 0.544. The predicted octanol–water partition coefficient (Wildman–Crippen LogP) is 2.73. The number of hydrogen-bond acceptors (Lipinski definition) is 1. The minimum Gasteiger partial charge on any atom is -0.302 e. The summed E-state index contributed by atoms with van der Waals surface area (Å²) in [4.78, 5) is 11.0. The molecule has 0 amide bonds. The van der Waals surface area contributed by atoms with Crippen molar-refractivity contribution in [2.45, 2.75) is 27.2 Å². The molecule has 1 aliphatic carbocycles. The molecule has 1 rings (SSSR count). The number of rotatable bonds is 1. The Balaban J connectivity index is 2.99. The lowest BCUT2D eigenvalue weighted by molar-refractivity contribution is -0.118. The van der Waals surface area contributed by atoms with Crippen molar-refractivity contribution >= 4 is 6.29 Å². The zero-order valence-electron chi connectivity index (χ0n) is 8.00. The Kier molecular flexibility index (Phi) is 2.22. The summed E-state index contributed by atoms with van der Waals surface area (Å²) in [6.45, 7) is 6.31. The highest BCUT2D eigenvalue weighted by molar-refractivity contribution is 5.65. The van der Waals surface area contributed by atoms with Crippen molar-refractivity contribution in [2.75, 3.05) is 0 Å². The molecule has 0 aliphatic heterocycles. The van der Waals surface area contributed by atoms with Gasteiger partial charge in [0.1, 0.15) is 6.29 Å². The first kappa shape index (κ1) is 9.24. The molecule has 1 nitrogen and oxygen atoms in total. The van der Waals surface area contributed by atoms with Crippen LogP contribution in [-0.2, 0) is 4.79 Å². The van der Waals surface area contributed by atoms with E-state index >= 15 is 0 Å². The van der Waals surface area contributed by atoms with E-state index < -0.39 is 0 Å². The molecule has 1 atom stereocenters. The van der Waals surface area contributed by atoms with Crippen LogP contribution >= 0.6 is 0 Å². The maximum atomic E-state index is 11.0. The van der Waals surface area contributed by atoms with E-state index in [0.717, 1.165) is 12.7 Å². The maximum absolute atomic E-state index is 11.0. The largest absolute Gasteiger partial charge is 0.302 e. The second-order valence-corrected chi connectivity index (χ2v) is 4.40. The fraction of sp³-hybridized carbons (Fsp3) is 0.545. The lowest BCUT2D eigenvalue weighted by Gasteiger charge is -2.38. The summed E-state index contributed by atoms with van der Waals surface area (Å²) in [5.41, 5.74) is -0.280. The first-order valence-electron chi connectivity index (χ1n) is 4.32. The monoisotopic (exact) mass is 164 g/mol. The first-order valence-corrected chi connectivity index (χ1v) is 4.32. The Labute approximate surface area is 74.2 Å². The van der Waals surface area contributed by atoms with Gasteiger partial charge in [0.15, 0.2) is 0 Å². The van der Waals surface area contributed by atoms with Crippen LogP contribution in [0.1, 0.15) is 27.2 Å². The molecule has 0 N–H and O–H groups in total. The van der Waals surface area contributed by atoms with E-state index in [2.05, 4.69) is 26.8 Å². The highest BCUT2D eigenvalue weighted by Crippen LogP contribution is 2.42. The van der Waals surface area contributed by atoms with Gasteiger partial charge in [0.25, 0.3) is 0 Å². The fourth-order valence-corrected chi connectivity index (χ4v) is 1.46. The van der Waals surface area contributed by atoms with Crippen molar-refractivity contribution in [3.05, 3.63) is 24.3 Å². The second-order valence-electron chi connectivity index (χ2n) is 4.40. The number of carbonyl (C=O) groups excluding carboxylic acids is 1. The van der Waals surface area contributed by atoms with Gasteiger partial charge in [-0.25, -0.2) is 0 Å². The van der Waals surface area contributed by atoms with Gasteiger partial charge in [0.05, 0.1) is 5.41 Å². The Bertz CT molecular complexity index is 230. The third-order valence-electron chi connectivity index (χ3n) is 2.70. The predicted molar refractivity (Wildman–Crippen MR) is 50.8 cm³/mol. The molecule has 0 fully saturated rings. The Hall–Kier alpha value is -0.850. The third kappa shape index (κ3) is 1.36.